The van der Waals surface area contributed by atoms with E-state index in [1.165, 1.54) is 17.3 Å². The summed E-state index contributed by atoms with van der Waals surface area (Å²) in [5, 5.41) is 6.38. The molecule has 128 valence electrons. The summed E-state index contributed by atoms with van der Waals surface area (Å²) < 4.78 is 27.0. The lowest BCUT2D eigenvalue weighted by Gasteiger charge is -2.22. The number of benzene rings is 1. The Labute approximate surface area is 139 Å². The Balaban J connectivity index is 1.69. The van der Waals surface area contributed by atoms with Crippen LogP contribution in [0.2, 0.25) is 0 Å². The summed E-state index contributed by atoms with van der Waals surface area (Å²) in [5.74, 6) is -1.80. The van der Waals surface area contributed by atoms with Crippen LogP contribution in [0, 0.1) is 11.6 Å². The van der Waals surface area contributed by atoms with Crippen molar-refractivity contribution in [3.05, 3.63) is 57.8 Å². The van der Waals surface area contributed by atoms with Crippen LogP contribution < -0.4 is 5.56 Å². The number of aromatic amines is 2. The van der Waals surface area contributed by atoms with E-state index in [0.717, 1.165) is 25.0 Å². The molecule has 0 aliphatic heterocycles. The molecule has 1 amide bonds. The fourth-order valence-electron chi connectivity index (χ4n) is 2.72. The molecule has 0 radical (unpaired) electrons. The molecule has 0 atom stereocenters. The van der Waals surface area contributed by atoms with Gasteiger partial charge in [0.1, 0.15) is 22.8 Å². The number of H-pyrrole nitrogens is 2. The molecule has 25 heavy (non-hydrogen) atoms. The second-order valence-corrected chi connectivity index (χ2v) is 5.93. The molecule has 1 fully saturated rings. The number of hydrogen-bond acceptors (Lipinski definition) is 4. The third kappa shape index (κ3) is 2.77. The minimum Gasteiger partial charge on any atom is -0.330 e. The Morgan fingerprint density at radius 1 is 1.28 bits per heavy atom. The fourth-order valence-corrected chi connectivity index (χ4v) is 2.72. The van der Waals surface area contributed by atoms with Crippen molar-refractivity contribution in [2.45, 2.75) is 25.4 Å². The first-order chi connectivity index (χ1) is 12.0. The van der Waals surface area contributed by atoms with Gasteiger partial charge in [-0.05, 0) is 18.9 Å². The molecule has 0 spiro atoms. The van der Waals surface area contributed by atoms with Crippen molar-refractivity contribution in [3.8, 4) is 0 Å². The lowest BCUT2D eigenvalue weighted by Crippen LogP contribution is -2.33. The van der Waals surface area contributed by atoms with Gasteiger partial charge in [0.15, 0.2) is 5.52 Å². The standard InChI is InChI=1S/C16H13F2N5O2/c17-9-2-1-8(11(18)5-9)6-23(10-3-4-10)16(25)14-12-13(21-22-14)15(24)20-7-19-12/h1-2,5,7,10H,3-4,6H2,(H,21,22)(H,19,20,24). The van der Waals surface area contributed by atoms with Crippen molar-refractivity contribution in [3.63, 3.8) is 0 Å². The third-order valence-electron chi connectivity index (χ3n) is 4.16. The molecule has 1 saturated carbocycles. The van der Waals surface area contributed by atoms with E-state index in [1.54, 1.807) is 0 Å². The zero-order valence-electron chi connectivity index (χ0n) is 12.9. The summed E-state index contributed by atoms with van der Waals surface area (Å²) in [5.41, 5.74) is 0.0446. The summed E-state index contributed by atoms with van der Waals surface area (Å²) in [7, 11) is 0. The van der Waals surface area contributed by atoms with Gasteiger partial charge in [0, 0.05) is 24.2 Å². The molecule has 2 N–H and O–H groups in total. The van der Waals surface area contributed by atoms with E-state index < -0.39 is 23.1 Å². The highest BCUT2D eigenvalue weighted by atomic mass is 19.1. The number of aromatic nitrogens is 4. The summed E-state index contributed by atoms with van der Waals surface area (Å²) in [6.45, 7) is -0.000677. The van der Waals surface area contributed by atoms with Crippen LogP contribution in [0.25, 0.3) is 11.0 Å². The summed E-state index contributed by atoms with van der Waals surface area (Å²) in [6.07, 6.45) is 2.79. The molecule has 1 aliphatic rings. The molecular formula is C16H13F2N5O2. The van der Waals surface area contributed by atoms with Crippen LogP contribution >= 0.6 is 0 Å². The van der Waals surface area contributed by atoms with Gasteiger partial charge in [0.2, 0.25) is 0 Å². The normalized spacial score (nSPS) is 14.0. The van der Waals surface area contributed by atoms with Gasteiger partial charge in [-0.25, -0.2) is 13.8 Å². The van der Waals surface area contributed by atoms with Crippen molar-refractivity contribution >= 4 is 16.9 Å². The van der Waals surface area contributed by atoms with E-state index in [0.29, 0.717) is 0 Å². The van der Waals surface area contributed by atoms with Crippen LogP contribution in [0.1, 0.15) is 28.9 Å². The van der Waals surface area contributed by atoms with Crippen molar-refractivity contribution in [2.75, 3.05) is 0 Å². The molecule has 3 aromatic rings. The second kappa shape index (κ2) is 5.76. The molecule has 2 aromatic heterocycles. The van der Waals surface area contributed by atoms with Crippen molar-refractivity contribution < 1.29 is 13.6 Å². The van der Waals surface area contributed by atoms with Gasteiger partial charge < -0.3 is 9.88 Å². The second-order valence-electron chi connectivity index (χ2n) is 5.93. The van der Waals surface area contributed by atoms with Gasteiger partial charge in [-0.3, -0.25) is 14.7 Å². The van der Waals surface area contributed by atoms with E-state index in [9.17, 15) is 18.4 Å². The molecule has 1 aliphatic carbocycles. The predicted molar refractivity (Wildman–Crippen MR) is 83.8 cm³/mol. The zero-order chi connectivity index (χ0) is 17.6. The number of hydrogen-bond donors (Lipinski definition) is 2. The first-order valence-electron chi connectivity index (χ1n) is 7.71. The van der Waals surface area contributed by atoms with Gasteiger partial charge in [0.25, 0.3) is 11.5 Å². The highest BCUT2D eigenvalue weighted by molar-refractivity contribution is 6.03. The Kier molecular flexibility index (Phi) is 3.56. The van der Waals surface area contributed by atoms with Gasteiger partial charge in [-0.15, -0.1) is 0 Å². The zero-order valence-corrected chi connectivity index (χ0v) is 12.9. The molecule has 2 heterocycles. The molecule has 0 saturated heterocycles. The number of amides is 1. The highest BCUT2D eigenvalue weighted by Crippen LogP contribution is 2.30. The summed E-state index contributed by atoms with van der Waals surface area (Å²) in [6, 6.07) is 3.23. The summed E-state index contributed by atoms with van der Waals surface area (Å²) in [4.78, 5) is 32.5. The number of fused-ring (bicyclic) bond motifs is 1. The number of halogens is 2. The van der Waals surface area contributed by atoms with Gasteiger partial charge in [-0.2, -0.15) is 5.10 Å². The van der Waals surface area contributed by atoms with Crippen LogP contribution in [-0.2, 0) is 6.54 Å². The average molecular weight is 345 g/mol. The molecule has 0 bridgehead atoms. The monoisotopic (exact) mass is 345 g/mol. The average Bonchev–Trinajstić information content (AvgIpc) is 3.32. The van der Waals surface area contributed by atoms with Crippen LogP contribution in [0.5, 0.6) is 0 Å². The van der Waals surface area contributed by atoms with E-state index in [4.69, 9.17) is 0 Å². The van der Waals surface area contributed by atoms with Gasteiger partial charge >= 0.3 is 0 Å². The maximum absolute atomic E-state index is 14.0. The highest BCUT2D eigenvalue weighted by Gasteiger charge is 2.35. The quantitative estimate of drug-likeness (QED) is 0.753. The largest absolute Gasteiger partial charge is 0.330 e. The van der Waals surface area contributed by atoms with Crippen LogP contribution in [0.4, 0.5) is 8.78 Å². The lowest BCUT2D eigenvalue weighted by atomic mass is 10.1. The van der Waals surface area contributed by atoms with Gasteiger partial charge in [-0.1, -0.05) is 6.07 Å². The SMILES string of the molecule is O=C(c1[nH]nc2c(=O)[nH]cnc12)N(Cc1ccc(F)cc1F)C1CC1. The maximum Gasteiger partial charge on any atom is 0.279 e. The van der Waals surface area contributed by atoms with E-state index >= 15 is 0 Å². The van der Waals surface area contributed by atoms with Crippen LogP contribution in [0.3, 0.4) is 0 Å². The fraction of sp³-hybridized carbons (Fsp3) is 0.250. The number of nitrogens with one attached hydrogen (secondary N) is 2. The van der Waals surface area contributed by atoms with Gasteiger partial charge in [0.05, 0.1) is 6.33 Å². The molecule has 0 unspecified atom stereocenters. The Morgan fingerprint density at radius 2 is 2.08 bits per heavy atom. The number of carbonyl (C=O) groups excluding carboxylic acids is 1. The first kappa shape index (κ1) is 15.4. The Morgan fingerprint density at radius 3 is 2.80 bits per heavy atom. The summed E-state index contributed by atoms with van der Waals surface area (Å²) >= 11 is 0. The minimum absolute atomic E-state index is 0.000677. The number of rotatable bonds is 4. The maximum atomic E-state index is 14.0. The number of nitrogens with zero attached hydrogens (tertiary/aromatic N) is 3. The lowest BCUT2D eigenvalue weighted by molar-refractivity contribution is 0.0724. The predicted octanol–water partition coefficient (Wildman–Crippen LogP) is 1.73. The smallest absolute Gasteiger partial charge is 0.279 e. The van der Waals surface area contributed by atoms with Crippen molar-refractivity contribution in [1.29, 1.82) is 0 Å². The molecule has 4 rings (SSSR count). The molecule has 1 aromatic carbocycles. The van der Waals surface area contributed by atoms with Crippen LogP contribution in [0.15, 0.2) is 29.3 Å². The third-order valence-corrected chi connectivity index (χ3v) is 4.16. The Hall–Kier alpha value is -3.10. The molecular weight excluding hydrogens is 332 g/mol. The topological polar surface area (TPSA) is 94.7 Å². The van der Waals surface area contributed by atoms with Crippen LogP contribution in [-0.4, -0.2) is 37.0 Å². The van der Waals surface area contributed by atoms with E-state index in [1.807, 2.05) is 0 Å². The van der Waals surface area contributed by atoms with E-state index in [-0.39, 0.29) is 34.9 Å². The minimum atomic E-state index is -0.706. The number of carbonyl (C=O) groups is 1. The van der Waals surface area contributed by atoms with Crippen molar-refractivity contribution in [1.82, 2.24) is 25.1 Å². The van der Waals surface area contributed by atoms with E-state index in [2.05, 4.69) is 20.2 Å². The molecule has 7 nitrogen and oxygen atoms in total. The Bertz CT molecular complexity index is 1020. The molecule has 9 heteroatoms. The van der Waals surface area contributed by atoms with Crippen molar-refractivity contribution in [2.24, 2.45) is 0 Å². The first-order valence-corrected chi connectivity index (χ1v) is 7.71.